The van der Waals surface area contributed by atoms with Crippen molar-refractivity contribution < 1.29 is 14.6 Å². The Labute approximate surface area is 69.9 Å². The molecule has 0 aliphatic heterocycles. The second kappa shape index (κ2) is 3.57. The molecule has 0 atom stereocenters. The molecule has 3 nitrogen and oxygen atoms in total. The lowest BCUT2D eigenvalue weighted by Gasteiger charge is -2.02. The minimum Gasteiger partial charge on any atom is -0.504 e. The Balaban J connectivity index is 3.06. The van der Waals surface area contributed by atoms with Gasteiger partial charge in [-0.25, -0.2) is 0 Å². The lowest BCUT2D eigenvalue weighted by atomic mass is 10.2. The predicted molar refractivity (Wildman–Crippen MR) is 44.3 cm³/mol. The van der Waals surface area contributed by atoms with Gasteiger partial charge in [0.1, 0.15) is 6.29 Å². The average Bonchev–Trinajstić information content (AvgIpc) is 2.09. The van der Waals surface area contributed by atoms with Crippen LogP contribution in [-0.2, 0) is 0 Å². The molecule has 0 unspecified atom stereocenters. The summed E-state index contributed by atoms with van der Waals surface area (Å²) in [6.45, 7) is 3.33. The van der Waals surface area contributed by atoms with E-state index in [1.807, 2.05) is 0 Å². The number of rotatable bonds is 3. The van der Waals surface area contributed by atoms with Gasteiger partial charge in [-0.1, -0.05) is 6.58 Å². The minimum absolute atomic E-state index is 0.0134. The van der Waals surface area contributed by atoms with Crippen LogP contribution in [0.3, 0.4) is 0 Å². The van der Waals surface area contributed by atoms with Gasteiger partial charge in [-0.05, 0) is 18.2 Å². The number of phenolic OH excluding ortho intramolecular Hbond substituents is 1. The Hall–Kier alpha value is -1.77. The van der Waals surface area contributed by atoms with Crippen molar-refractivity contribution in [2.45, 2.75) is 0 Å². The van der Waals surface area contributed by atoms with E-state index >= 15 is 0 Å². The van der Waals surface area contributed by atoms with Gasteiger partial charge in [0, 0.05) is 5.56 Å². The fourth-order valence-corrected chi connectivity index (χ4v) is 0.788. The summed E-state index contributed by atoms with van der Waals surface area (Å²) in [6.07, 6.45) is 1.86. The number of benzene rings is 1. The van der Waals surface area contributed by atoms with Crippen molar-refractivity contribution in [3.8, 4) is 11.5 Å². The number of ether oxygens (including phenoxy) is 1. The second-order valence-corrected chi connectivity index (χ2v) is 2.13. The molecule has 1 aromatic rings. The van der Waals surface area contributed by atoms with Gasteiger partial charge in [0.15, 0.2) is 11.5 Å². The molecule has 0 fully saturated rings. The molecule has 0 saturated carbocycles. The molecule has 62 valence electrons. The number of carbonyl (C=O) groups excluding carboxylic acids is 1. The SMILES string of the molecule is C=COc1cc(C=O)ccc1O. The number of phenols is 1. The quantitative estimate of drug-likeness (QED) is 0.546. The number of hydrogen-bond acceptors (Lipinski definition) is 3. The van der Waals surface area contributed by atoms with E-state index in [1.165, 1.54) is 24.5 Å². The van der Waals surface area contributed by atoms with E-state index in [4.69, 9.17) is 4.74 Å². The van der Waals surface area contributed by atoms with Gasteiger partial charge in [0.25, 0.3) is 0 Å². The zero-order valence-corrected chi connectivity index (χ0v) is 6.36. The Morgan fingerprint density at radius 1 is 1.50 bits per heavy atom. The summed E-state index contributed by atoms with van der Waals surface area (Å²) in [7, 11) is 0. The molecule has 0 spiro atoms. The van der Waals surface area contributed by atoms with Crippen molar-refractivity contribution in [2.75, 3.05) is 0 Å². The fourth-order valence-electron chi connectivity index (χ4n) is 0.788. The molecule has 1 aromatic carbocycles. The van der Waals surface area contributed by atoms with Crippen molar-refractivity contribution >= 4 is 6.29 Å². The molecule has 0 radical (unpaired) electrons. The average molecular weight is 164 g/mol. The summed E-state index contributed by atoms with van der Waals surface area (Å²) in [4.78, 5) is 10.3. The highest BCUT2D eigenvalue weighted by molar-refractivity contribution is 5.76. The first-order chi connectivity index (χ1) is 5.77. The van der Waals surface area contributed by atoms with Crippen molar-refractivity contribution in [3.63, 3.8) is 0 Å². The largest absolute Gasteiger partial charge is 0.504 e. The topological polar surface area (TPSA) is 46.5 Å². The molecule has 1 rings (SSSR count). The van der Waals surface area contributed by atoms with Crippen LogP contribution in [0.4, 0.5) is 0 Å². The first kappa shape index (κ1) is 8.33. The van der Waals surface area contributed by atoms with Crippen molar-refractivity contribution in [3.05, 3.63) is 36.6 Å². The van der Waals surface area contributed by atoms with E-state index < -0.39 is 0 Å². The summed E-state index contributed by atoms with van der Waals surface area (Å²) in [6, 6.07) is 4.32. The van der Waals surface area contributed by atoms with Crippen molar-refractivity contribution in [1.29, 1.82) is 0 Å². The van der Waals surface area contributed by atoms with E-state index in [0.717, 1.165) is 0 Å². The maximum atomic E-state index is 10.3. The van der Waals surface area contributed by atoms with Crippen LogP contribution in [0, 0.1) is 0 Å². The van der Waals surface area contributed by atoms with Crippen LogP contribution in [0.2, 0.25) is 0 Å². The van der Waals surface area contributed by atoms with E-state index in [2.05, 4.69) is 6.58 Å². The maximum absolute atomic E-state index is 10.3. The summed E-state index contributed by atoms with van der Waals surface area (Å²) in [5, 5.41) is 9.17. The maximum Gasteiger partial charge on any atom is 0.168 e. The van der Waals surface area contributed by atoms with Gasteiger partial charge >= 0.3 is 0 Å². The molecule has 0 aromatic heterocycles. The summed E-state index contributed by atoms with van der Waals surface area (Å²) < 4.78 is 4.83. The molecule has 1 N–H and O–H groups in total. The number of aromatic hydroxyl groups is 1. The van der Waals surface area contributed by atoms with Crippen LogP contribution < -0.4 is 4.74 Å². The normalized spacial score (nSPS) is 9.00. The van der Waals surface area contributed by atoms with E-state index in [1.54, 1.807) is 0 Å². The smallest absolute Gasteiger partial charge is 0.168 e. The van der Waals surface area contributed by atoms with Gasteiger partial charge < -0.3 is 9.84 Å². The molecule has 0 bridgehead atoms. The predicted octanol–water partition coefficient (Wildman–Crippen LogP) is 1.73. The molecule has 0 saturated heterocycles. The summed E-state index contributed by atoms with van der Waals surface area (Å²) >= 11 is 0. The highest BCUT2D eigenvalue weighted by Crippen LogP contribution is 2.26. The molecule has 3 heteroatoms. The first-order valence-corrected chi connectivity index (χ1v) is 3.33. The fraction of sp³-hybridized carbons (Fsp3) is 0. The number of aldehydes is 1. The van der Waals surface area contributed by atoms with Crippen LogP contribution >= 0.6 is 0 Å². The van der Waals surface area contributed by atoms with Gasteiger partial charge in [0.2, 0.25) is 0 Å². The summed E-state index contributed by atoms with van der Waals surface area (Å²) in [5.74, 6) is 0.218. The van der Waals surface area contributed by atoms with Crippen LogP contribution in [0.15, 0.2) is 31.0 Å². The van der Waals surface area contributed by atoms with Gasteiger partial charge in [-0.15, -0.1) is 0 Å². The van der Waals surface area contributed by atoms with Crippen LogP contribution in [0.1, 0.15) is 10.4 Å². The van der Waals surface area contributed by atoms with Crippen molar-refractivity contribution in [1.82, 2.24) is 0 Å². The van der Waals surface area contributed by atoms with Crippen LogP contribution in [0.5, 0.6) is 11.5 Å². The highest BCUT2D eigenvalue weighted by atomic mass is 16.5. The molecule has 0 aliphatic carbocycles. The third-order valence-electron chi connectivity index (χ3n) is 1.33. The molecule has 0 aliphatic rings. The number of carbonyl (C=O) groups is 1. The lowest BCUT2D eigenvalue weighted by Crippen LogP contribution is -1.85. The summed E-state index contributed by atoms with van der Waals surface area (Å²) in [5.41, 5.74) is 0.449. The zero-order valence-electron chi connectivity index (χ0n) is 6.36. The third-order valence-corrected chi connectivity index (χ3v) is 1.33. The van der Waals surface area contributed by atoms with Crippen LogP contribution in [0.25, 0.3) is 0 Å². The lowest BCUT2D eigenvalue weighted by molar-refractivity contribution is 0.112. The Bertz CT molecular complexity index is 305. The monoisotopic (exact) mass is 164 g/mol. The number of hydrogen-bond donors (Lipinski definition) is 1. The standard InChI is InChI=1S/C9H8O3/c1-2-12-9-5-7(6-10)3-4-8(9)11/h2-6,11H,1H2. The molecular weight excluding hydrogens is 156 g/mol. The van der Waals surface area contributed by atoms with E-state index in [9.17, 15) is 9.90 Å². The minimum atomic E-state index is -0.0134. The van der Waals surface area contributed by atoms with E-state index in [-0.39, 0.29) is 11.5 Å². The molecular formula is C9H8O3. The van der Waals surface area contributed by atoms with Gasteiger partial charge in [-0.3, -0.25) is 4.79 Å². The Kier molecular flexibility index (Phi) is 2.48. The first-order valence-electron chi connectivity index (χ1n) is 3.33. The molecule has 0 heterocycles. The highest BCUT2D eigenvalue weighted by Gasteiger charge is 2.01. The molecule has 12 heavy (non-hydrogen) atoms. The van der Waals surface area contributed by atoms with Gasteiger partial charge in [0.05, 0.1) is 6.26 Å². The molecule has 0 amide bonds. The van der Waals surface area contributed by atoms with Gasteiger partial charge in [-0.2, -0.15) is 0 Å². The van der Waals surface area contributed by atoms with E-state index in [0.29, 0.717) is 11.8 Å². The zero-order chi connectivity index (χ0) is 8.97. The Morgan fingerprint density at radius 3 is 2.83 bits per heavy atom. The Morgan fingerprint density at radius 2 is 2.25 bits per heavy atom. The third kappa shape index (κ3) is 1.63. The van der Waals surface area contributed by atoms with Crippen LogP contribution in [-0.4, -0.2) is 11.4 Å². The van der Waals surface area contributed by atoms with Crippen molar-refractivity contribution in [2.24, 2.45) is 0 Å². The second-order valence-electron chi connectivity index (χ2n) is 2.13.